The van der Waals surface area contributed by atoms with E-state index in [1.807, 2.05) is 0 Å². The van der Waals surface area contributed by atoms with Crippen molar-refractivity contribution in [3.63, 3.8) is 0 Å². The van der Waals surface area contributed by atoms with E-state index in [1.165, 1.54) is 13.2 Å². The maximum atomic E-state index is 12.3. The van der Waals surface area contributed by atoms with Crippen LogP contribution in [-0.4, -0.2) is 40.8 Å². The number of hydrogen-bond donors (Lipinski definition) is 1. The lowest BCUT2D eigenvalue weighted by molar-refractivity contribution is -0.119. The number of sulfonamides is 1. The highest BCUT2D eigenvalue weighted by molar-refractivity contribution is 7.92. The molecule has 8 heteroatoms. The van der Waals surface area contributed by atoms with E-state index in [4.69, 9.17) is 16.3 Å². The van der Waals surface area contributed by atoms with Gasteiger partial charge in [-0.05, 0) is 30.5 Å². The summed E-state index contributed by atoms with van der Waals surface area (Å²) in [6, 6.07) is 4.62. The molecule has 6 nitrogen and oxygen atoms in total. The molecule has 1 amide bonds. The molecule has 0 fully saturated rings. The van der Waals surface area contributed by atoms with Crippen molar-refractivity contribution in [1.29, 1.82) is 0 Å². The molecule has 1 rings (SSSR count). The maximum absolute atomic E-state index is 12.3. The van der Waals surface area contributed by atoms with Crippen molar-refractivity contribution in [2.75, 3.05) is 30.8 Å². The van der Waals surface area contributed by atoms with Gasteiger partial charge in [0.2, 0.25) is 15.9 Å². The summed E-state index contributed by atoms with van der Waals surface area (Å²) in [5, 5.41) is 3.13. The first kappa shape index (κ1) is 22.6. The average Bonchev–Trinajstić information content (AvgIpc) is 2.58. The molecule has 0 aliphatic carbocycles. The number of rotatable bonds is 11. The van der Waals surface area contributed by atoms with Gasteiger partial charge in [-0.25, -0.2) is 8.42 Å². The number of ether oxygens (including phenoxy) is 1. The highest BCUT2D eigenvalue weighted by atomic mass is 35.5. The van der Waals surface area contributed by atoms with Gasteiger partial charge in [0.05, 0.1) is 24.1 Å². The van der Waals surface area contributed by atoms with Crippen molar-refractivity contribution in [2.24, 2.45) is 5.92 Å². The zero-order chi connectivity index (χ0) is 19.7. The molecule has 0 aromatic heterocycles. The first-order chi connectivity index (χ1) is 12.2. The normalized spacial score (nSPS) is 12.5. The van der Waals surface area contributed by atoms with Crippen molar-refractivity contribution >= 4 is 33.2 Å². The van der Waals surface area contributed by atoms with E-state index in [2.05, 4.69) is 19.2 Å². The van der Waals surface area contributed by atoms with Crippen LogP contribution in [0.3, 0.4) is 0 Å². The fraction of sp³-hybridized carbons (Fsp3) is 0.611. The van der Waals surface area contributed by atoms with Crippen LogP contribution in [0.5, 0.6) is 5.75 Å². The van der Waals surface area contributed by atoms with Gasteiger partial charge < -0.3 is 10.1 Å². The molecule has 0 saturated heterocycles. The van der Waals surface area contributed by atoms with Crippen LogP contribution in [0.4, 0.5) is 5.69 Å². The fourth-order valence-corrected chi connectivity index (χ4v) is 3.70. The van der Waals surface area contributed by atoms with Crippen molar-refractivity contribution < 1.29 is 17.9 Å². The third-order valence-electron chi connectivity index (χ3n) is 4.24. The fourth-order valence-electron chi connectivity index (χ4n) is 2.60. The molecule has 1 aromatic rings. The minimum Gasteiger partial charge on any atom is -0.495 e. The molecular weight excluding hydrogens is 376 g/mol. The van der Waals surface area contributed by atoms with Gasteiger partial charge in [-0.2, -0.15) is 0 Å². The first-order valence-electron chi connectivity index (χ1n) is 8.80. The third-order valence-corrected chi connectivity index (χ3v) is 5.68. The summed E-state index contributed by atoms with van der Waals surface area (Å²) in [7, 11) is -2.16. The number of nitrogens with one attached hydrogen (secondary N) is 1. The number of carbonyl (C=O) groups is 1. The van der Waals surface area contributed by atoms with Gasteiger partial charge in [-0.3, -0.25) is 9.10 Å². The van der Waals surface area contributed by atoms with Crippen molar-refractivity contribution in [3.05, 3.63) is 23.2 Å². The number of unbranched alkanes of at least 4 members (excludes halogenated alkanes) is 1. The van der Waals surface area contributed by atoms with Gasteiger partial charge in [-0.1, -0.05) is 44.7 Å². The quantitative estimate of drug-likeness (QED) is 0.612. The van der Waals surface area contributed by atoms with Crippen LogP contribution < -0.4 is 14.4 Å². The van der Waals surface area contributed by atoms with Crippen LogP contribution in [0.2, 0.25) is 5.02 Å². The molecule has 0 heterocycles. The summed E-state index contributed by atoms with van der Waals surface area (Å²) < 4.78 is 30.4. The maximum Gasteiger partial charge on any atom is 0.240 e. The largest absolute Gasteiger partial charge is 0.495 e. The lowest BCUT2D eigenvalue weighted by atomic mass is 9.99. The molecule has 26 heavy (non-hydrogen) atoms. The molecule has 148 valence electrons. The van der Waals surface area contributed by atoms with Gasteiger partial charge in [0, 0.05) is 6.54 Å². The molecule has 0 saturated carbocycles. The van der Waals surface area contributed by atoms with Crippen LogP contribution in [0.25, 0.3) is 0 Å². The highest BCUT2D eigenvalue weighted by Crippen LogP contribution is 2.30. The van der Waals surface area contributed by atoms with Crippen molar-refractivity contribution in [2.45, 2.75) is 39.5 Å². The Hall–Kier alpha value is -1.47. The molecule has 0 aliphatic heterocycles. The second-order valence-corrected chi connectivity index (χ2v) is 8.62. The van der Waals surface area contributed by atoms with E-state index in [0.717, 1.165) is 36.2 Å². The monoisotopic (exact) mass is 404 g/mol. The Bertz CT molecular complexity index is 694. The average molecular weight is 405 g/mol. The van der Waals surface area contributed by atoms with Crippen LogP contribution in [0, 0.1) is 5.92 Å². The van der Waals surface area contributed by atoms with Gasteiger partial charge in [0.15, 0.2) is 0 Å². The van der Waals surface area contributed by atoms with Crippen LogP contribution in [-0.2, 0) is 14.8 Å². The van der Waals surface area contributed by atoms with Crippen LogP contribution in [0.15, 0.2) is 18.2 Å². The lowest BCUT2D eigenvalue weighted by Gasteiger charge is -2.23. The Morgan fingerprint density at radius 1 is 1.35 bits per heavy atom. The van der Waals surface area contributed by atoms with Gasteiger partial charge in [-0.15, -0.1) is 0 Å². The summed E-state index contributed by atoms with van der Waals surface area (Å²) in [5.41, 5.74) is 0.325. The summed E-state index contributed by atoms with van der Waals surface area (Å²) in [6.45, 7) is 4.49. The minimum absolute atomic E-state index is 0.282. The second-order valence-electron chi connectivity index (χ2n) is 6.31. The zero-order valence-electron chi connectivity index (χ0n) is 15.9. The zero-order valence-corrected chi connectivity index (χ0v) is 17.5. The molecule has 0 aliphatic rings. The Balaban J connectivity index is 2.82. The SMILES string of the molecule is CCCCC(CC)CNC(=O)CN(c1ccc(OC)c(Cl)c1)S(C)(=O)=O. The van der Waals surface area contributed by atoms with Crippen LogP contribution >= 0.6 is 11.6 Å². The van der Waals surface area contributed by atoms with E-state index in [-0.39, 0.29) is 17.5 Å². The van der Waals surface area contributed by atoms with Crippen LogP contribution in [0.1, 0.15) is 39.5 Å². The number of anilines is 1. The Kier molecular flexibility index (Phi) is 9.22. The smallest absolute Gasteiger partial charge is 0.240 e. The number of nitrogens with zero attached hydrogens (tertiary/aromatic N) is 1. The number of carbonyl (C=O) groups excluding carboxylic acids is 1. The number of halogens is 1. The number of benzene rings is 1. The summed E-state index contributed by atoms with van der Waals surface area (Å²) in [6.07, 6.45) is 5.33. The predicted octanol–water partition coefficient (Wildman–Crippen LogP) is 3.45. The van der Waals surface area contributed by atoms with E-state index >= 15 is 0 Å². The first-order valence-corrected chi connectivity index (χ1v) is 11.0. The van der Waals surface area contributed by atoms with Crippen molar-refractivity contribution in [1.82, 2.24) is 5.32 Å². The molecule has 0 radical (unpaired) electrons. The molecule has 0 spiro atoms. The third kappa shape index (κ3) is 7.03. The second kappa shape index (κ2) is 10.6. The summed E-state index contributed by atoms with van der Waals surface area (Å²) in [4.78, 5) is 12.3. The standard InChI is InChI=1S/C18H29ClN2O4S/c1-5-7-8-14(6-2)12-20-18(22)13-21(26(4,23)24)15-9-10-17(25-3)16(19)11-15/h9-11,14H,5-8,12-13H2,1-4H3,(H,20,22). The van der Waals surface area contributed by atoms with Gasteiger partial charge in [0.1, 0.15) is 12.3 Å². The highest BCUT2D eigenvalue weighted by Gasteiger charge is 2.22. The van der Waals surface area contributed by atoms with Gasteiger partial charge in [0.25, 0.3) is 0 Å². The molecular formula is C18H29ClN2O4S. The molecule has 1 atom stereocenters. The topological polar surface area (TPSA) is 75.7 Å². The Labute approximate surface area is 161 Å². The van der Waals surface area contributed by atoms with E-state index < -0.39 is 10.0 Å². The number of amides is 1. The lowest BCUT2D eigenvalue weighted by Crippen LogP contribution is -2.41. The van der Waals surface area contributed by atoms with E-state index in [0.29, 0.717) is 23.9 Å². The summed E-state index contributed by atoms with van der Waals surface area (Å²) in [5.74, 6) is 0.508. The Morgan fingerprint density at radius 2 is 2.04 bits per heavy atom. The molecule has 1 aromatic carbocycles. The summed E-state index contributed by atoms with van der Waals surface area (Å²) >= 11 is 6.08. The minimum atomic E-state index is -3.63. The van der Waals surface area contributed by atoms with E-state index in [9.17, 15) is 13.2 Å². The van der Waals surface area contributed by atoms with Gasteiger partial charge >= 0.3 is 0 Å². The predicted molar refractivity (Wildman–Crippen MR) is 107 cm³/mol. The van der Waals surface area contributed by atoms with Crippen molar-refractivity contribution in [3.8, 4) is 5.75 Å². The Morgan fingerprint density at radius 3 is 2.54 bits per heavy atom. The number of hydrogen-bond acceptors (Lipinski definition) is 4. The molecule has 1 N–H and O–H groups in total. The van der Waals surface area contributed by atoms with E-state index in [1.54, 1.807) is 12.1 Å². The molecule has 1 unspecified atom stereocenters. The molecule has 0 bridgehead atoms. The number of methoxy groups -OCH3 is 1.